The summed E-state index contributed by atoms with van der Waals surface area (Å²) in [6.07, 6.45) is 3.43. The number of para-hydroxylation sites is 3. The van der Waals surface area contributed by atoms with Gasteiger partial charge in [-0.05, 0) is 86.0 Å². The minimum atomic E-state index is -3.59. The first-order valence-corrected chi connectivity index (χ1v) is 29.0. The molecule has 6 atom stereocenters. The smallest absolute Gasteiger partial charge is 0.356 e. The highest BCUT2D eigenvalue weighted by Crippen LogP contribution is 2.20. The molecule has 3 aromatic heterocycles. The van der Waals surface area contributed by atoms with Crippen molar-refractivity contribution < 1.29 is 59.1 Å². The summed E-state index contributed by atoms with van der Waals surface area (Å²) >= 11 is 0. The van der Waals surface area contributed by atoms with Crippen molar-refractivity contribution in [2.75, 3.05) is 38.6 Å². The summed E-state index contributed by atoms with van der Waals surface area (Å²) in [7, 11) is -6.07. The zero-order valence-electron chi connectivity index (χ0n) is 42.5. The van der Waals surface area contributed by atoms with Gasteiger partial charge in [-0.3, -0.25) is 25.0 Å². The number of carbonyl (C=O) groups is 2. The number of benzene rings is 4. The number of ether oxygens (including phenoxy) is 3. The maximum atomic E-state index is 12.8. The van der Waals surface area contributed by atoms with Crippen molar-refractivity contribution in [3.8, 4) is 0 Å². The molecule has 4 N–H and O–H groups in total. The molecule has 0 aliphatic rings. The van der Waals surface area contributed by atoms with E-state index in [-0.39, 0.29) is 41.3 Å². The number of carbonyl (C=O) groups excluding carboxylic acids is 2. The number of nitrogens with zero attached hydrogens (tertiary/aromatic N) is 4. The van der Waals surface area contributed by atoms with Crippen molar-refractivity contribution in [1.82, 2.24) is 25.5 Å². The first kappa shape index (κ1) is 59.5. The molecule has 402 valence electrons. The number of amides is 1. The summed E-state index contributed by atoms with van der Waals surface area (Å²) < 4.78 is 90.3. The molecule has 22 heteroatoms. The van der Waals surface area contributed by atoms with E-state index in [1.807, 2.05) is 84.9 Å². The molecule has 0 aliphatic carbocycles. The lowest BCUT2D eigenvalue weighted by atomic mass is 10.2. The van der Waals surface area contributed by atoms with Gasteiger partial charge in [-0.25, -0.2) is 35.1 Å². The maximum absolute atomic E-state index is 12.8. The molecular formula is C53H64N6O13S3. The summed E-state index contributed by atoms with van der Waals surface area (Å²) in [5.41, 5.74) is 13.0. The average molecular weight is 1090 g/mol. The Morgan fingerprint density at radius 2 is 0.973 bits per heavy atom. The molecule has 0 unspecified atom stereocenters. The third-order valence-corrected chi connectivity index (χ3v) is 16.9. The lowest BCUT2D eigenvalue weighted by Gasteiger charge is -2.27. The fourth-order valence-corrected chi connectivity index (χ4v) is 12.6. The Morgan fingerprint density at radius 1 is 0.587 bits per heavy atom. The predicted octanol–water partition coefficient (Wildman–Crippen LogP) is 5.83. The zero-order chi connectivity index (χ0) is 54.8. The molecule has 3 heterocycles. The Hall–Kier alpha value is -6.34. The number of nitrogens with two attached hydrogens (primary N) is 1. The standard InChI is InChI=1S/C22H24N2O5S.C16H20N2O5S.C15H20N2O3S/c1-16(28-2)21(24-29-22(25)18-8-4-3-5-9-18)15-30(26,27)14-17-12-19-10-6-7-11-20(19)23-13-17;1-12(23-2)16(18(20)11-19)10-24(21,22)9-13-7-14-5-3-4-6-15(14)17-8-13;1-11(20-2)14(16)10-21(18,19)9-12-7-13-5-3-4-6-15(13)17-8-12/h3-13,16,21,24H,14-15H2,1-2H3;3-8,11-12,16,20H,9-10H2,1-2H3;3-8,11,14H,9-10,16H2,1-2H3/t16-,21-;12-,16-;11-,14-/m111/s1. The van der Waals surface area contributed by atoms with E-state index in [0.717, 1.165) is 32.7 Å². The largest absolute Gasteiger partial charge is 0.380 e. The van der Waals surface area contributed by atoms with E-state index < -0.39 is 71.6 Å². The molecular weight excluding hydrogens is 1020 g/mol. The van der Waals surface area contributed by atoms with Gasteiger partial charge < -0.3 is 24.8 Å². The lowest BCUT2D eigenvalue weighted by Crippen LogP contribution is -2.45. The van der Waals surface area contributed by atoms with E-state index in [2.05, 4.69) is 20.4 Å². The number of rotatable bonds is 23. The number of nitrogens with one attached hydrogen (secondary N) is 1. The quantitative estimate of drug-likeness (QED) is 0.0386. The topological polar surface area (TPSA) is 274 Å². The van der Waals surface area contributed by atoms with Gasteiger partial charge in [0.25, 0.3) is 0 Å². The maximum Gasteiger partial charge on any atom is 0.356 e. The summed E-state index contributed by atoms with van der Waals surface area (Å²) in [6.45, 7) is 5.06. The van der Waals surface area contributed by atoms with Crippen molar-refractivity contribution >= 4 is 74.6 Å². The Balaban J connectivity index is 0.000000212. The van der Waals surface area contributed by atoms with Crippen LogP contribution in [0.1, 0.15) is 47.8 Å². The van der Waals surface area contributed by atoms with Crippen LogP contribution in [0.25, 0.3) is 32.7 Å². The van der Waals surface area contributed by atoms with Gasteiger partial charge in [0.1, 0.15) is 0 Å². The van der Waals surface area contributed by atoms with Crippen LogP contribution in [0.5, 0.6) is 0 Å². The minimum Gasteiger partial charge on any atom is -0.380 e. The molecule has 0 aliphatic heterocycles. The fourth-order valence-electron chi connectivity index (χ4n) is 7.52. The van der Waals surface area contributed by atoms with E-state index >= 15 is 0 Å². The van der Waals surface area contributed by atoms with E-state index in [9.17, 15) is 40.0 Å². The summed E-state index contributed by atoms with van der Waals surface area (Å²) in [5.74, 6) is -1.85. The molecule has 1 amide bonds. The summed E-state index contributed by atoms with van der Waals surface area (Å²) in [6, 6.07) is 34.2. The number of pyridine rings is 3. The Labute approximate surface area is 438 Å². The lowest BCUT2D eigenvalue weighted by molar-refractivity contribution is -0.168. The molecule has 7 aromatic rings. The second-order valence-corrected chi connectivity index (χ2v) is 24.1. The number of hydroxylamine groups is 3. The van der Waals surface area contributed by atoms with E-state index in [1.54, 1.807) is 69.6 Å². The third kappa shape index (κ3) is 18.8. The first-order chi connectivity index (χ1) is 35.6. The van der Waals surface area contributed by atoms with Gasteiger partial charge in [-0.15, -0.1) is 5.48 Å². The third-order valence-electron chi connectivity index (χ3n) is 12.0. The predicted molar refractivity (Wildman–Crippen MR) is 287 cm³/mol. The molecule has 7 rings (SSSR count). The van der Waals surface area contributed by atoms with Gasteiger partial charge >= 0.3 is 5.97 Å². The molecule has 0 spiro atoms. The first-order valence-electron chi connectivity index (χ1n) is 23.6. The monoisotopic (exact) mass is 1090 g/mol. The number of fused-ring (bicyclic) bond motifs is 3. The summed E-state index contributed by atoms with van der Waals surface area (Å²) in [5, 5.41) is 12.6. The van der Waals surface area contributed by atoms with Crippen LogP contribution >= 0.6 is 0 Å². The Morgan fingerprint density at radius 3 is 1.39 bits per heavy atom. The molecule has 19 nitrogen and oxygen atoms in total. The van der Waals surface area contributed by atoms with Crippen molar-refractivity contribution in [3.05, 3.63) is 162 Å². The SMILES string of the molecule is CO[C@H](C)[C@@H](CS(=O)(=O)Cc1cnc2ccccc2c1)N(O)C=O.CO[C@H](C)[C@@H](CS(=O)(=O)Cc1cnc2ccccc2c1)NOC(=O)c1ccccc1.CO[C@H](C)[C@H](N)CS(=O)(=O)Cc1cnc2ccccc2c1. The average Bonchev–Trinajstić information content (AvgIpc) is 3.40. The van der Waals surface area contributed by atoms with Crippen LogP contribution in [-0.4, -0.2) is 138 Å². The molecule has 0 saturated carbocycles. The van der Waals surface area contributed by atoms with E-state index in [4.69, 9.17) is 24.8 Å². The Kier molecular flexibility index (Phi) is 22.2. The van der Waals surface area contributed by atoms with Crippen LogP contribution in [-0.2, 0) is 70.6 Å². The van der Waals surface area contributed by atoms with Crippen LogP contribution in [0.15, 0.2) is 140 Å². The number of methoxy groups -OCH3 is 3. The van der Waals surface area contributed by atoms with Crippen LogP contribution in [0, 0.1) is 0 Å². The Bertz CT molecular complexity index is 3320. The highest BCUT2D eigenvalue weighted by Gasteiger charge is 2.30. The molecule has 0 saturated heterocycles. The van der Waals surface area contributed by atoms with Gasteiger partial charge in [0, 0.05) is 62.1 Å². The van der Waals surface area contributed by atoms with Crippen LogP contribution < -0.4 is 11.2 Å². The second-order valence-electron chi connectivity index (χ2n) is 17.8. The van der Waals surface area contributed by atoms with Gasteiger partial charge in [0.2, 0.25) is 6.41 Å². The van der Waals surface area contributed by atoms with Gasteiger partial charge in [0.05, 0.1) is 87.0 Å². The minimum absolute atomic E-state index is 0.0605. The molecule has 0 radical (unpaired) electrons. The summed E-state index contributed by atoms with van der Waals surface area (Å²) in [4.78, 5) is 40.9. The van der Waals surface area contributed by atoms with Crippen molar-refractivity contribution in [2.24, 2.45) is 5.73 Å². The van der Waals surface area contributed by atoms with Crippen molar-refractivity contribution in [2.45, 2.75) is 74.5 Å². The van der Waals surface area contributed by atoms with Gasteiger partial charge in [-0.1, -0.05) is 72.8 Å². The number of sulfone groups is 3. The highest BCUT2D eigenvalue weighted by molar-refractivity contribution is 7.91. The van der Waals surface area contributed by atoms with Gasteiger partial charge in [-0.2, -0.15) is 0 Å². The van der Waals surface area contributed by atoms with E-state index in [1.165, 1.54) is 27.5 Å². The molecule has 0 fully saturated rings. The molecule has 75 heavy (non-hydrogen) atoms. The number of hydrogen-bond acceptors (Lipinski definition) is 18. The number of aromatic nitrogens is 3. The zero-order valence-corrected chi connectivity index (χ0v) is 44.9. The van der Waals surface area contributed by atoms with Crippen LogP contribution in [0.4, 0.5) is 0 Å². The van der Waals surface area contributed by atoms with E-state index in [0.29, 0.717) is 27.3 Å². The molecule has 4 aromatic carbocycles. The van der Waals surface area contributed by atoms with Gasteiger partial charge in [0.15, 0.2) is 29.5 Å². The fraction of sp³-hybridized carbons (Fsp3) is 0.340. The van der Waals surface area contributed by atoms with Crippen molar-refractivity contribution in [1.29, 1.82) is 0 Å². The second kappa shape index (κ2) is 28.0. The van der Waals surface area contributed by atoms with Crippen molar-refractivity contribution in [3.63, 3.8) is 0 Å². The van der Waals surface area contributed by atoms with Crippen LogP contribution in [0.2, 0.25) is 0 Å². The molecule has 0 bridgehead atoms. The normalized spacial score (nSPS) is 14.2. The van der Waals surface area contributed by atoms with Crippen LogP contribution in [0.3, 0.4) is 0 Å². The number of hydrogen-bond donors (Lipinski definition) is 3. The highest BCUT2D eigenvalue weighted by atomic mass is 32.2.